The van der Waals surface area contributed by atoms with Crippen molar-refractivity contribution in [1.82, 2.24) is 5.32 Å². The van der Waals surface area contributed by atoms with Crippen LogP contribution < -0.4 is 19.7 Å². The highest BCUT2D eigenvalue weighted by Gasteiger charge is 2.19. The van der Waals surface area contributed by atoms with Gasteiger partial charge in [-0.15, -0.1) is 0 Å². The lowest BCUT2D eigenvalue weighted by Crippen LogP contribution is -2.40. The van der Waals surface area contributed by atoms with E-state index >= 15 is 0 Å². The monoisotopic (exact) mass is 356 g/mol. The maximum absolute atomic E-state index is 12.3. The number of carbonyl (C=O) groups is 2. The standard InChI is InChI=1S/C20H24N2O4/c1-15(23)22(18-10-9-17(25-2)13-19(18)26-3)14-20(24)21-12-11-16-7-5-4-6-8-16/h4-10,13H,11-12,14H2,1-3H3,(H,21,24). The summed E-state index contributed by atoms with van der Waals surface area (Å²) in [6.45, 7) is 1.85. The molecule has 1 N–H and O–H groups in total. The lowest BCUT2D eigenvalue weighted by atomic mass is 10.1. The number of carbonyl (C=O) groups excluding carboxylic acids is 2. The van der Waals surface area contributed by atoms with Crippen molar-refractivity contribution in [2.45, 2.75) is 13.3 Å². The van der Waals surface area contributed by atoms with Gasteiger partial charge in [0.05, 0.1) is 19.9 Å². The zero-order valence-electron chi connectivity index (χ0n) is 15.3. The topological polar surface area (TPSA) is 67.9 Å². The van der Waals surface area contributed by atoms with E-state index in [0.717, 1.165) is 12.0 Å². The number of anilines is 1. The van der Waals surface area contributed by atoms with Gasteiger partial charge in [0.2, 0.25) is 11.8 Å². The van der Waals surface area contributed by atoms with Crippen molar-refractivity contribution in [3.8, 4) is 11.5 Å². The molecule has 0 aromatic heterocycles. The quantitative estimate of drug-likeness (QED) is 0.789. The molecule has 0 fully saturated rings. The molecule has 2 aromatic carbocycles. The maximum Gasteiger partial charge on any atom is 0.240 e. The number of hydrogen-bond donors (Lipinski definition) is 1. The van der Waals surface area contributed by atoms with Gasteiger partial charge >= 0.3 is 0 Å². The summed E-state index contributed by atoms with van der Waals surface area (Å²) >= 11 is 0. The summed E-state index contributed by atoms with van der Waals surface area (Å²) in [6, 6.07) is 15.0. The third-order valence-electron chi connectivity index (χ3n) is 3.94. The molecule has 0 atom stereocenters. The number of methoxy groups -OCH3 is 2. The molecule has 26 heavy (non-hydrogen) atoms. The molecule has 0 bridgehead atoms. The fraction of sp³-hybridized carbons (Fsp3) is 0.300. The second-order valence-corrected chi connectivity index (χ2v) is 5.73. The molecule has 0 radical (unpaired) electrons. The normalized spacial score (nSPS) is 10.1. The number of ether oxygens (including phenoxy) is 2. The Morgan fingerprint density at radius 1 is 1.04 bits per heavy atom. The Labute approximate surface area is 153 Å². The minimum absolute atomic E-state index is 0.0766. The van der Waals surface area contributed by atoms with Crippen molar-refractivity contribution in [3.05, 3.63) is 54.1 Å². The van der Waals surface area contributed by atoms with Crippen LogP contribution in [0.4, 0.5) is 5.69 Å². The number of rotatable bonds is 8. The average molecular weight is 356 g/mol. The maximum atomic E-state index is 12.3. The summed E-state index contributed by atoms with van der Waals surface area (Å²) in [4.78, 5) is 25.7. The molecule has 6 nitrogen and oxygen atoms in total. The number of nitrogens with zero attached hydrogens (tertiary/aromatic N) is 1. The Morgan fingerprint density at radius 2 is 1.77 bits per heavy atom. The summed E-state index contributed by atoms with van der Waals surface area (Å²) in [5, 5.41) is 2.85. The third-order valence-corrected chi connectivity index (χ3v) is 3.94. The smallest absolute Gasteiger partial charge is 0.240 e. The first-order valence-corrected chi connectivity index (χ1v) is 8.36. The van der Waals surface area contributed by atoms with E-state index in [-0.39, 0.29) is 18.4 Å². The minimum Gasteiger partial charge on any atom is -0.497 e. The molecule has 2 amide bonds. The highest BCUT2D eigenvalue weighted by Crippen LogP contribution is 2.32. The van der Waals surface area contributed by atoms with Gasteiger partial charge in [-0.05, 0) is 24.1 Å². The van der Waals surface area contributed by atoms with Crippen LogP contribution in [0.5, 0.6) is 11.5 Å². The third kappa shape index (κ3) is 5.24. The van der Waals surface area contributed by atoms with Crippen LogP contribution >= 0.6 is 0 Å². The fourth-order valence-corrected chi connectivity index (χ4v) is 2.56. The Morgan fingerprint density at radius 3 is 2.38 bits per heavy atom. The van der Waals surface area contributed by atoms with Gasteiger partial charge in [0, 0.05) is 19.5 Å². The van der Waals surface area contributed by atoms with Gasteiger partial charge < -0.3 is 14.8 Å². The van der Waals surface area contributed by atoms with Crippen molar-refractivity contribution in [2.75, 3.05) is 32.2 Å². The van der Waals surface area contributed by atoms with Gasteiger partial charge in [0.15, 0.2) is 0 Å². The Hall–Kier alpha value is -3.02. The fourth-order valence-electron chi connectivity index (χ4n) is 2.56. The van der Waals surface area contributed by atoms with Crippen molar-refractivity contribution < 1.29 is 19.1 Å². The number of nitrogens with one attached hydrogen (secondary N) is 1. The molecule has 0 heterocycles. The number of amides is 2. The predicted molar refractivity (Wildman–Crippen MR) is 101 cm³/mol. The summed E-state index contributed by atoms with van der Waals surface area (Å²) < 4.78 is 10.5. The van der Waals surface area contributed by atoms with Crippen LogP contribution in [-0.4, -0.2) is 39.1 Å². The van der Waals surface area contributed by atoms with Gasteiger partial charge in [-0.25, -0.2) is 0 Å². The minimum atomic E-state index is -0.244. The van der Waals surface area contributed by atoms with Crippen LogP contribution in [0.25, 0.3) is 0 Å². The molecule has 138 valence electrons. The van der Waals surface area contributed by atoms with Crippen molar-refractivity contribution in [1.29, 1.82) is 0 Å². The zero-order valence-corrected chi connectivity index (χ0v) is 15.3. The Kier molecular flexibility index (Phi) is 7.02. The second-order valence-electron chi connectivity index (χ2n) is 5.73. The summed E-state index contributed by atoms with van der Waals surface area (Å²) in [5.74, 6) is 0.610. The largest absolute Gasteiger partial charge is 0.497 e. The van der Waals surface area contributed by atoms with E-state index in [1.807, 2.05) is 30.3 Å². The van der Waals surface area contributed by atoms with Crippen molar-refractivity contribution in [2.24, 2.45) is 0 Å². The van der Waals surface area contributed by atoms with Gasteiger partial charge in [0.25, 0.3) is 0 Å². The van der Waals surface area contributed by atoms with E-state index < -0.39 is 0 Å². The van der Waals surface area contributed by atoms with Crippen LogP contribution in [0, 0.1) is 0 Å². The molecule has 0 spiro atoms. The van der Waals surface area contributed by atoms with Gasteiger partial charge in [0.1, 0.15) is 18.0 Å². The first-order valence-electron chi connectivity index (χ1n) is 8.36. The summed E-state index contributed by atoms with van der Waals surface area (Å²) in [5.41, 5.74) is 1.67. The van der Waals surface area contributed by atoms with E-state index in [2.05, 4.69) is 5.32 Å². The lowest BCUT2D eigenvalue weighted by Gasteiger charge is -2.23. The van der Waals surface area contributed by atoms with Crippen LogP contribution in [0.1, 0.15) is 12.5 Å². The molecule has 0 aliphatic heterocycles. The van der Waals surface area contributed by atoms with E-state index in [4.69, 9.17) is 9.47 Å². The van der Waals surface area contributed by atoms with Crippen LogP contribution in [0.3, 0.4) is 0 Å². The second kappa shape index (κ2) is 9.46. The summed E-state index contributed by atoms with van der Waals surface area (Å²) in [6.07, 6.45) is 0.735. The molecule has 0 aliphatic carbocycles. The Bertz CT molecular complexity index is 747. The zero-order chi connectivity index (χ0) is 18.9. The van der Waals surface area contributed by atoms with Crippen LogP contribution in [-0.2, 0) is 16.0 Å². The molecule has 0 unspecified atom stereocenters. The SMILES string of the molecule is COc1ccc(N(CC(=O)NCCc2ccccc2)C(C)=O)c(OC)c1. The van der Waals surface area contributed by atoms with Crippen molar-refractivity contribution in [3.63, 3.8) is 0 Å². The molecular weight excluding hydrogens is 332 g/mol. The molecule has 0 saturated heterocycles. The average Bonchev–Trinajstić information content (AvgIpc) is 2.66. The van der Waals surface area contributed by atoms with Gasteiger partial charge in [-0.1, -0.05) is 30.3 Å². The van der Waals surface area contributed by atoms with Crippen LogP contribution in [0.2, 0.25) is 0 Å². The van der Waals surface area contributed by atoms with Crippen LogP contribution in [0.15, 0.2) is 48.5 Å². The number of hydrogen-bond acceptors (Lipinski definition) is 4. The summed E-state index contributed by atoms with van der Waals surface area (Å²) in [7, 11) is 3.06. The Balaban J connectivity index is 2.01. The molecule has 6 heteroatoms. The molecule has 0 saturated carbocycles. The number of benzene rings is 2. The predicted octanol–water partition coefficient (Wildman–Crippen LogP) is 2.42. The molecule has 2 rings (SSSR count). The van der Waals surface area contributed by atoms with E-state index in [9.17, 15) is 9.59 Å². The van der Waals surface area contributed by atoms with E-state index in [1.54, 1.807) is 25.3 Å². The molecule has 0 aliphatic rings. The van der Waals surface area contributed by atoms with E-state index in [1.165, 1.54) is 18.9 Å². The molecule has 2 aromatic rings. The first kappa shape index (κ1) is 19.3. The highest BCUT2D eigenvalue weighted by molar-refractivity contribution is 5.98. The molecular formula is C20H24N2O4. The lowest BCUT2D eigenvalue weighted by molar-refractivity contribution is -0.123. The van der Waals surface area contributed by atoms with Gasteiger partial charge in [-0.2, -0.15) is 0 Å². The highest BCUT2D eigenvalue weighted by atomic mass is 16.5. The van der Waals surface area contributed by atoms with Gasteiger partial charge in [-0.3, -0.25) is 14.5 Å². The van der Waals surface area contributed by atoms with Crippen molar-refractivity contribution >= 4 is 17.5 Å². The first-order chi connectivity index (χ1) is 12.5. The van der Waals surface area contributed by atoms with E-state index in [0.29, 0.717) is 23.7 Å².